The van der Waals surface area contributed by atoms with E-state index in [1.54, 1.807) is 41.1 Å². The van der Waals surface area contributed by atoms with Crippen LogP contribution in [0, 0.1) is 13.8 Å². The van der Waals surface area contributed by atoms with Crippen molar-refractivity contribution in [3.8, 4) is 0 Å². The molecular formula is C25H27N4O3S+. The number of fused-ring (bicyclic) bond motifs is 2. The van der Waals surface area contributed by atoms with Crippen LogP contribution in [-0.4, -0.2) is 17.8 Å². The number of nitrogens with zero attached hydrogens (tertiary/aromatic N) is 3. The molecule has 1 aliphatic rings. The lowest BCUT2D eigenvalue weighted by Gasteiger charge is -2.24. The van der Waals surface area contributed by atoms with E-state index in [9.17, 15) is 13.2 Å². The standard InChI is InChI=1S/C25H26N4O3S/c1-16-8-11-19(12-9-16)33(31,32)21-14-20-24(29(23(21)26)18-6-4-3-5-7-18)27-22-13-10-17(2)15-28(22)25(20)30/h8-15,18,26H,3-7H2,1-2H3/p+1. The van der Waals surface area contributed by atoms with E-state index in [1.165, 1.54) is 10.5 Å². The molecule has 7 nitrogen and oxygen atoms in total. The van der Waals surface area contributed by atoms with Crippen molar-refractivity contribution in [3.63, 3.8) is 0 Å². The van der Waals surface area contributed by atoms with Crippen molar-refractivity contribution < 1.29 is 13.0 Å². The Morgan fingerprint density at radius 1 is 1.00 bits per heavy atom. The second-order valence-electron chi connectivity index (χ2n) is 8.96. The van der Waals surface area contributed by atoms with Gasteiger partial charge in [0.05, 0.1) is 10.9 Å². The highest BCUT2D eigenvalue weighted by Crippen LogP contribution is 2.31. The highest BCUT2D eigenvalue weighted by molar-refractivity contribution is 7.91. The quantitative estimate of drug-likeness (QED) is 0.369. The molecular weight excluding hydrogens is 436 g/mol. The lowest BCUT2D eigenvalue weighted by Crippen LogP contribution is -2.46. The van der Waals surface area contributed by atoms with Gasteiger partial charge in [0.25, 0.3) is 11.2 Å². The molecule has 3 aromatic heterocycles. The molecule has 1 aromatic carbocycles. The molecule has 4 aromatic rings. The molecule has 1 saturated carbocycles. The zero-order chi connectivity index (χ0) is 23.3. The van der Waals surface area contributed by atoms with Crippen molar-refractivity contribution in [1.82, 2.24) is 9.38 Å². The molecule has 33 heavy (non-hydrogen) atoms. The number of rotatable bonds is 3. The summed E-state index contributed by atoms with van der Waals surface area (Å²) in [5.41, 5.74) is 9.11. The molecule has 0 radical (unpaired) electrons. The average Bonchev–Trinajstić information content (AvgIpc) is 2.80. The Hall–Kier alpha value is -3.26. The summed E-state index contributed by atoms with van der Waals surface area (Å²) in [5.74, 6) is 0.137. The molecule has 1 fully saturated rings. The lowest BCUT2D eigenvalue weighted by atomic mass is 9.95. The summed E-state index contributed by atoms with van der Waals surface area (Å²) >= 11 is 0. The van der Waals surface area contributed by atoms with E-state index < -0.39 is 9.84 Å². The molecule has 3 heterocycles. The van der Waals surface area contributed by atoms with Crippen molar-refractivity contribution in [3.05, 3.63) is 70.1 Å². The first-order chi connectivity index (χ1) is 15.8. The van der Waals surface area contributed by atoms with Crippen LogP contribution in [0.15, 0.2) is 63.2 Å². The van der Waals surface area contributed by atoms with E-state index in [0.717, 1.165) is 43.2 Å². The van der Waals surface area contributed by atoms with Crippen molar-refractivity contribution in [2.24, 2.45) is 0 Å². The highest BCUT2D eigenvalue weighted by atomic mass is 32.2. The van der Waals surface area contributed by atoms with Gasteiger partial charge in [-0.1, -0.05) is 35.2 Å². The Morgan fingerprint density at radius 3 is 2.36 bits per heavy atom. The van der Waals surface area contributed by atoms with Crippen LogP contribution < -0.4 is 15.9 Å². The molecule has 0 amide bonds. The summed E-state index contributed by atoms with van der Waals surface area (Å²) in [4.78, 5) is 18.4. The largest absolute Gasteiger partial charge is 0.317 e. The van der Waals surface area contributed by atoms with E-state index in [-0.39, 0.29) is 32.6 Å². The summed E-state index contributed by atoms with van der Waals surface area (Å²) in [6.07, 6.45) is 6.65. The van der Waals surface area contributed by atoms with Crippen LogP contribution in [0.5, 0.6) is 0 Å². The summed E-state index contributed by atoms with van der Waals surface area (Å²) in [6.45, 7) is 3.80. The van der Waals surface area contributed by atoms with Gasteiger partial charge in [-0.2, -0.15) is 0 Å². The van der Waals surface area contributed by atoms with Gasteiger partial charge < -0.3 is 5.73 Å². The number of aryl methyl sites for hydroxylation is 2. The molecule has 0 bridgehead atoms. The first-order valence-electron chi connectivity index (χ1n) is 11.3. The number of aromatic nitrogens is 3. The van der Waals surface area contributed by atoms with E-state index in [4.69, 9.17) is 10.7 Å². The molecule has 2 N–H and O–H groups in total. The normalized spacial score (nSPS) is 15.3. The zero-order valence-electron chi connectivity index (χ0n) is 18.8. The van der Waals surface area contributed by atoms with Gasteiger partial charge in [-0.05, 0) is 69.4 Å². The van der Waals surface area contributed by atoms with Gasteiger partial charge in [0.2, 0.25) is 21.3 Å². The molecule has 0 aliphatic heterocycles. The fraction of sp³-hybridized carbons (Fsp3) is 0.320. The number of pyridine rings is 2. The molecule has 0 atom stereocenters. The van der Waals surface area contributed by atoms with Gasteiger partial charge in [0, 0.05) is 6.20 Å². The second kappa shape index (κ2) is 7.95. The maximum atomic E-state index is 13.7. The molecule has 0 unspecified atom stereocenters. The maximum Gasteiger partial charge on any atom is 0.278 e. The van der Waals surface area contributed by atoms with Gasteiger partial charge in [0.1, 0.15) is 10.3 Å². The molecule has 0 saturated heterocycles. The third-order valence-electron chi connectivity index (χ3n) is 6.56. The Bertz CT molecular complexity index is 1550. The van der Waals surface area contributed by atoms with Crippen LogP contribution in [0.25, 0.3) is 16.7 Å². The topological polar surface area (TPSA) is 98.4 Å². The maximum absolute atomic E-state index is 13.7. The van der Waals surface area contributed by atoms with Gasteiger partial charge in [-0.25, -0.2) is 13.0 Å². The first kappa shape index (κ1) is 21.6. The van der Waals surface area contributed by atoms with Gasteiger partial charge in [0.15, 0.2) is 0 Å². The van der Waals surface area contributed by atoms with Crippen LogP contribution in [-0.2, 0) is 9.84 Å². The summed E-state index contributed by atoms with van der Waals surface area (Å²) in [7, 11) is -3.94. The molecule has 170 valence electrons. The van der Waals surface area contributed by atoms with Crippen LogP contribution in [0.4, 0.5) is 5.82 Å². The summed E-state index contributed by atoms with van der Waals surface area (Å²) < 4.78 is 30.6. The first-order valence-corrected chi connectivity index (χ1v) is 12.7. The number of nitrogens with two attached hydrogens (primary N) is 1. The van der Waals surface area contributed by atoms with E-state index >= 15 is 0 Å². The fourth-order valence-corrected chi connectivity index (χ4v) is 6.16. The van der Waals surface area contributed by atoms with Crippen molar-refractivity contribution >= 4 is 32.3 Å². The Balaban J connectivity index is 1.88. The Morgan fingerprint density at radius 2 is 1.67 bits per heavy atom. The number of sulfone groups is 1. The monoisotopic (exact) mass is 463 g/mol. The van der Waals surface area contributed by atoms with Crippen molar-refractivity contribution in [2.75, 3.05) is 5.73 Å². The molecule has 5 rings (SSSR count). The van der Waals surface area contributed by atoms with E-state index in [2.05, 4.69) is 0 Å². The minimum absolute atomic E-state index is 0.00536. The number of nitrogen functional groups attached to an aromatic ring is 1. The second-order valence-corrected chi connectivity index (χ2v) is 10.9. The Labute approximate surface area is 192 Å². The molecule has 0 spiro atoms. The van der Waals surface area contributed by atoms with Crippen molar-refractivity contribution in [2.45, 2.75) is 61.8 Å². The minimum Gasteiger partial charge on any atom is -0.317 e. The Kier molecular flexibility index (Phi) is 5.20. The molecule has 8 heteroatoms. The predicted octanol–water partition coefficient (Wildman–Crippen LogP) is 3.67. The van der Waals surface area contributed by atoms with Gasteiger partial charge >= 0.3 is 0 Å². The lowest BCUT2D eigenvalue weighted by molar-refractivity contribution is -0.690. The van der Waals surface area contributed by atoms with E-state index in [1.807, 2.05) is 19.9 Å². The third-order valence-corrected chi connectivity index (χ3v) is 8.36. The third kappa shape index (κ3) is 3.58. The number of hydrogen-bond acceptors (Lipinski definition) is 5. The smallest absolute Gasteiger partial charge is 0.278 e. The van der Waals surface area contributed by atoms with Crippen LogP contribution >= 0.6 is 0 Å². The minimum atomic E-state index is -3.94. The van der Waals surface area contributed by atoms with Gasteiger partial charge in [-0.3, -0.25) is 9.20 Å². The predicted molar refractivity (Wildman–Crippen MR) is 127 cm³/mol. The fourth-order valence-electron chi connectivity index (χ4n) is 4.76. The highest BCUT2D eigenvalue weighted by Gasteiger charge is 2.33. The number of anilines is 1. The van der Waals surface area contributed by atoms with E-state index in [0.29, 0.717) is 11.3 Å². The van der Waals surface area contributed by atoms with Crippen molar-refractivity contribution in [1.29, 1.82) is 0 Å². The molecule has 1 aliphatic carbocycles. The van der Waals surface area contributed by atoms with Crippen LogP contribution in [0.2, 0.25) is 0 Å². The van der Waals surface area contributed by atoms with Crippen LogP contribution in [0.3, 0.4) is 0 Å². The zero-order valence-corrected chi connectivity index (χ0v) is 19.6. The van der Waals surface area contributed by atoms with Crippen LogP contribution in [0.1, 0.15) is 49.3 Å². The SMILES string of the molecule is Cc1ccc(S(=O)(=O)c2cc3c(=O)n4cc(C)ccc4nc3[n+](C3CCCCC3)c2N)cc1. The number of hydrogen-bond donors (Lipinski definition) is 1. The average molecular weight is 464 g/mol. The number of benzene rings is 1. The van der Waals surface area contributed by atoms with Gasteiger partial charge in [-0.15, -0.1) is 0 Å². The summed E-state index contributed by atoms with van der Waals surface area (Å²) in [5, 5.41) is 0.253. The summed E-state index contributed by atoms with van der Waals surface area (Å²) in [6, 6.07) is 11.8.